The lowest BCUT2D eigenvalue weighted by Gasteiger charge is -2.35. The number of nitrogens with zero attached hydrogens (tertiary/aromatic N) is 1. The number of likely N-dealkylation sites (tertiary alicyclic amines) is 1. The van der Waals surface area contributed by atoms with E-state index in [1.807, 2.05) is 18.2 Å². The molecule has 4 unspecified atom stereocenters. The quantitative estimate of drug-likeness (QED) is 0.836. The lowest BCUT2D eigenvalue weighted by Crippen LogP contribution is -2.34. The molecule has 4 nitrogen and oxygen atoms in total. The summed E-state index contributed by atoms with van der Waals surface area (Å²) < 4.78 is 11.9. The number of rotatable bonds is 3. The van der Waals surface area contributed by atoms with E-state index in [0.717, 1.165) is 43.3 Å². The molecule has 0 radical (unpaired) electrons. The summed E-state index contributed by atoms with van der Waals surface area (Å²) in [6.07, 6.45) is 10.7. The van der Waals surface area contributed by atoms with Crippen LogP contribution in [0.4, 0.5) is 0 Å². The van der Waals surface area contributed by atoms with Crippen molar-refractivity contribution in [3.05, 3.63) is 83.6 Å². The summed E-state index contributed by atoms with van der Waals surface area (Å²) in [5.74, 6) is 3.22. The van der Waals surface area contributed by atoms with Crippen LogP contribution in [0.15, 0.2) is 78.0 Å². The molecule has 4 atom stereocenters. The summed E-state index contributed by atoms with van der Waals surface area (Å²) in [6.45, 7) is 2.94. The Morgan fingerprint density at radius 1 is 1.26 bits per heavy atom. The predicted molar refractivity (Wildman–Crippen MR) is 103 cm³/mol. The lowest BCUT2D eigenvalue weighted by molar-refractivity contribution is 0.202. The van der Waals surface area contributed by atoms with Gasteiger partial charge in [-0.05, 0) is 30.7 Å². The molecule has 0 amide bonds. The van der Waals surface area contributed by atoms with Crippen molar-refractivity contribution in [1.29, 1.82) is 0 Å². The third-order valence-corrected chi connectivity index (χ3v) is 6.37. The van der Waals surface area contributed by atoms with Crippen LogP contribution in [0.2, 0.25) is 0 Å². The van der Waals surface area contributed by atoms with Crippen molar-refractivity contribution in [1.82, 2.24) is 4.90 Å². The van der Waals surface area contributed by atoms with Crippen molar-refractivity contribution in [3.63, 3.8) is 0 Å². The Hall–Kier alpha value is -2.30. The van der Waals surface area contributed by atoms with Crippen LogP contribution in [-0.4, -0.2) is 36.3 Å². The molecular formula is C23H25NO3. The van der Waals surface area contributed by atoms with Gasteiger partial charge in [-0.3, -0.25) is 4.90 Å². The second-order valence-electron chi connectivity index (χ2n) is 7.93. The summed E-state index contributed by atoms with van der Waals surface area (Å²) in [6, 6.07) is 10.7. The van der Waals surface area contributed by atoms with Crippen molar-refractivity contribution in [2.45, 2.75) is 19.1 Å². The Morgan fingerprint density at radius 2 is 2.11 bits per heavy atom. The molecule has 4 aliphatic rings. The highest BCUT2D eigenvalue weighted by Crippen LogP contribution is 2.59. The number of benzene rings is 1. The van der Waals surface area contributed by atoms with Gasteiger partial charge < -0.3 is 14.6 Å². The smallest absolute Gasteiger partial charge is 0.157 e. The van der Waals surface area contributed by atoms with Crippen LogP contribution in [0.5, 0.6) is 0 Å². The van der Waals surface area contributed by atoms with E-state index in [2.05, 4.69) is 47.4 Å². The number of hydrogen-bond acceptors (Lipinski definition) is 4. The number of ether oxygens (including phenoxy) is 2. The fourth-order valence-corrected chi connectivity index (χ4v) is 5.12. The third kappa shape index (κ3) is 2.67. The Labute approximate surface area is 160 Å². The minimum absolute atomic E-state index is 0.181. The number of aliphatic hydroxyl groups excluding tert-OH is 1. The first-order valence-corrected chi connectivity index (χ1v) is 9.70. The Morgan fingerprint density at radius 3 is 2.93 bits per heavy atom. The summed E-state index contributed by atoms with van der Waals surface area (Å²) in [5.41, 5.74) is 1.16. The van der Waals surface area contributed by atoms with E-state index in [-0.39, 0.29) is 11.3 Å². The van der Waals surface area contributed by atoms with Gasteiger partial charge in [0.05, 0.1) is 18.6 Å². The first kappa shape index (κ1) is 16.8. The molecule has 1 spiro atoms. The Balaban J connectivity index is 1.52. The molecule has 0 aromatic heterocycles. The van der Waals surface area contributed by atoms with Gasteiger partial charge in [0.25, 0.3) is 0 Å². The van der Waals surface area contributed by atoms with Crippen molar-refractivity contribution in [2.24, 2.45) is 17.3 Å². The lowest BCUT2D eigenvalue weighted by atomic mass is 9.65. The molecule has 2 saturated heterocycles. The molecule has 1 N–H and O–H groups in total. The van der Waals surface area contributed by atoms with Crippen LogP contribution in [0.25, 0.3) is 0 Å². The van der Waals surface area contributed by atoms with Crippen LogP contribution in [0.1, 0.15) is 12.0 Å². The fraction of sp³-hybridized carbons (Fsp3) is 0.391. The molecule has 0 saturated carbocycles. The molecule has 2 aliphatic carbocycles. The second-order valence-corrected chi connectivity index (χ2v) is 7.93. The molecule has 2 fully saturated rings. The van der Waals surface area contributed by atoms with Gasteiger partial charge in [-0.15, -0.1) is 0 Å². The minimum Gasteiger partial charge on any atom is -0.493 e. The van der Waals surface area contributed by atoms with E-state index < -0.39 is 6.10 Å². The fourth-order valence-electron chi connectivity index (χ4n) is 5.12. The molecule has 140 valence electrons. The van der Waals surface area contributed by atoms with Crippen LogP contribution in [0, 0.1) is 17.3 Å². The highest BCUT2D eigenvalue weighted by molar-refractivity contribution is 5.42. The van der Waals surface area contributed by atoms with Gasteiger partial charge in [0.2, 0.25) is 0 Å². The molecule has 27 heavy (non-hydrogen) atoms. The summed E-state index contributed by atoms with van der Waals surface area (Å²) in [7, 11) is 1.70. The van der Waals surface area contributed by atoms with E-state index in [1.165, 1.54) is 5.56 Å². The molecule has 1 aromatic rings. The van der Waals surface area contributed by atoms with Gasteiger partial charge in [0, 0.05) is 24.9 Å². The zero-order chi connectivity index (χ0) is 18.4. The normalized spacial score (nSPS) is 34.4. The van der Waals surface area contributed by atoms with Gasteiger partial charge >= 0.3 is 0 Å². The van der Waals surface area contributed by atoms with Crippen LogP contribution in [0.3, 0.4) is 0 Å². The zero-order valence-corrected chi connectivity index (χ0v) is 15.5. The maximum atomic E-state index is 10.1. The van der Waals surface area contributed by atoms with Gasteiger partial charge in [-0.2, -0.15) is 0 Å². The third-order valence-electron chi connectivity index (χ3n) is 6.37. The Kier molecular flexibility index (Phi) is 3.99. The first-order valence-electron chi connectivity index (χ1n) is 9.70. The maximum absolute atomic E-state index is 10.1. The number of allylic oxidation sites excluding steroid dienone is 3. The van der Waals surface area contributed by atoms with E-state index >= 15 is 0 Å². The van der Waals surface area contributed by atoms with Gasteiger partial charge in [-0.1, -0.05) is 48.6 Å². The molecular weight excluding hydrogens is 338 g/mol. The zero-order valence-electron chi connectivity index (χ0n) is 15.5. The topological polar surface area (TPSA) is 41.9 Å². The number of hydrogen-bond donors (Lipinski definition) is 1. The first-order chi connectivity index (χ1) is 13.2. The van der Waals surface area contributed by atoms with Crippen LogP contribution in [-0.2, 0) is 16.0 Å². The van der Waals surface area contributed by atoms with Crippen molar-refractivity contribution < 1.29 is 14.6 Å². The SMILES string of the molecule is COC1=C2OC3=CC(O)C=CC34CCN(Cc3ccccc3)CC(C=C1)C24. The molecule has 0 bridgehead atoms. The van der Waals surface area contributed by atoms with Crippen molar-refractivity contribution >= 4 is 0 Å². The average Bonchev–Trinajstić information content (AvgIpc) is 2.93. The molecule has 2 heterocycles. The number of methoxy groups -OCH3 is 1. The van der Waals surface area contributed by atoms with Crippen LogP contribution >= 0.6 is 0 Å². The number of aliphatic hydroxyl groups is 1. The highest BCUT2D eigenvalue weighted by Gasteiger charge is 2.57. The molecule has 2 aliphatic heterocycles. The second kappa shape index (κ2) is 6.39. The van der Waals surface area contributed by atoms with E-state index in [0.29, 0.717) is 5.92 Å². The molecule has 4 heteroatoms. The van der Waals surface area contributed by atoms with Crippen molar-refractivity contribution in [2.75, 3.05) is 20.2 Å². The van der Waals surface area contributed by atoms with Crippen LogP contribution < -0.4 is 0 Å². The monoisotopic (exact) mass is 363 g/mol. The summed E-state index contributed by atoms with van der Waals surface area (Å²) in [4.78, 5) is 2.54. The largest absolute Gasteiger partial charge is 0.493 e. The average molecular weight is 363 g/mol. The van der Waals surface area contributed by atoms with E-state index in [9.17, 15) is 5.11 Å². The van der Waals surface area contributed by atoms with Gasteiger partial charge in [-0.25, -0.2) is 0 Å². The predicted octanol–water partition coefficient (Wildman–Crippen LogP) is 3.38. The molecule has 5 rings (SSSR count). The van der Waals surface area contributed by atoms with E-state index in [4.69, 9.17) is 9.47 Å². The van der Waals surface area contributed by atoms with Gasteiger partial charge in [0.15, 0.2) is 11.5 Å². The van der Waals surface area contributed by atoms with Crippen molar-refractivity contribution in [3.8, 4) is 0 Å². The standard InChI is InChI=1S/C23H25NO3/c1-26-19-8-7-17-15-24(14-16-5-3-2-4-6-16)12-11-23-10-9-18(25)13-20(23)27-22(19)21(17)23/h2-10,13,17-18,21,25H,11-12,14-15H2,1H3. The summed E-state index contributed by atoms with van der Waals surface area (Å²) in [5, 5.41) is 10.1. The van der Waals surface area contributed by atoms with Gasteiger partial charge in [0.1, 0.15) is 5.76 Å². The highest BCUT2D eigenvalue weighted by atomic mass is 16.5. The van der Waals surface area contributed by atoms with E-state index in [1.54, 1.807) is 7.11 Å². The minimum atomic E-state index is -0.576. The summed E-state index contributed by atoms with van der Waals surface area (Å²) >= 11 is 0. The Bertz CT molecular complexity index is 854. The molecule has 1 aromatic carbocycles. The maximum Gasteiger partial charge on any atom is 0.157 e.